The topological polar surface area (TPSA) is 80.3 Å². The van der Waals surface area contributed by atoms with Crippen LogP contribution in [0.25, 0.3) is 10.8 Å². The first-order valence-corrected chi connectivity index (χ1v) is 8.43. The number of pyridine rings is 1. The summed E-state index contributed by atoms with van der Waals surface area (Å²) in [5, 5.41) is 6.78. The number of fused-ring (bicyclic) bond motifs is 2. The van der Waals surface area contributed by atoms with E-state index in [9.17, 15) is 14.0 Å². The fourth-order valence-electron chi connectivity index (χ4n) is 3.20. The van der Waals surface area contributed by atoms with Gasteiger partial charge in [-0.05, 0) is 36.1 Å². The van der Waals surface area contributed by atoms with Crippen LogP contribution in [0, 0.1) is 5.82 Å². The van der Waals surface area contributed by atoms with E-state index in [2.05, 4.69) is 15.6 Å². The van der Waals surface area contributed by atoms with E-state index < -0.39 is 11.7 Å². The smallest absolute Gasteiger partial charge is 0.274 e. The number of benzene rings is 2. The van der Waals surface area contributed by atoms with Gasteiger partial charge in [-0.1, -0.05) is 18.2 Å². The molecule has 0 fully saturated rings. The van der Waals surface area contributed by atoms with E-state index in [1.54, 1.807) is 6.07 Å². The number of amides is 2. The molecule has 0 atom stereocenters. The van der Waals surface area contributed by atoms with Crippen LogP contribution in [0.2, 0.25) is 0 Å². The zero-order valence-electron chi connectivity index (χ0n) is 14.5. The zero-order valence-corrected chi connectivity index (χ0v) is 14.5. The summed E-state index contributed by atoms with van der Waals surface area (Å²) in [6, 6.07) is 11.9. The number of nitrogens with zero attached hydrogens (tertiary/aromatic N) is 1. The van der Waals surface area contributed by atoms with E-state index in [1.165, 1.54) is 19.2 Å². The number of methoxy groups -OCH3 is 1. The lowest BCUT2D eigenvalue weighted by Gasteiger charge is -2.18. The van der Waals surface area contributed by atoms with E-state index >= 15 is 0 Å². The van der Waals surface area contributed by atoms with Crippen LogP contribution in [0.5, 0.6) is 5.88 Å². The molecule has 4 rings (SSSR count). The monoisotopic (exact) mass is 365 g/mol. The highest BCUT2D eigenvalue weighted by molar-refractivity contribution is 6.06. The molecule has 3 aromatic rings. The molecule has 2 N–H and O–H groups in total. The highest BCUT2D eigenvalue weighted by Crippen LogP contribution is 2.27. The number of aromatic nitrogens is 1. The first-order chi connectivity index (χ1) is 13.1. The molecule has 0 radical (unpaired) electrons. The lowest BCUT2D eigenvalue weighted by molar-refractivity contribution is 0.0944. The van der Waals surface area contributed by atoms with Crippen molar-refractivity contribution in [2.75, 3.05) is 19.0 Å². The summed E-state index contributed by atoms with van der Waals surface area (Å²) in [4.78, 5) is 28.7. The first kappa shape index (κ1) is 17.0. The number of rotatable bonds is 3. The standard InChI is InChI=1S/C20H16FN3O3/c1-27-20-12-5-3-2-4-11(12)10-16(24-20)19(26)23-15-7-6-14-13(17(15)21)8-9-22-18(14)25/h2-7,10H,8-9H2,1H3,(H,22,25)(H,23,26). The Kier molecular flexibility index (Phi) is 4.19. The number of carbonyl (C=O) groups is 2. The minimum atomic E-state index is -0.594. The fraction of sp³-hybridized carbons (Fsp3) is 0.150. The summed E-state index contributed by atoms with van der Waals surface area (Å²) in [5.41, 5.74) is 0.727. The predicted octanol–water partition coefficient (Wildman–Crippen LogP) is 2.92. The third kappa shape index (κ3) is 2.97. The maximum absolute atomic E-state index is 14.8. The van der Waals surface area contributed by atoms with Gasteiger partial charge in [0.2, 0.25) is 5.88 Å². The molecule has 7 heteroatoms. The van der Waals surface area contributed by atoms with Crippen LogP contribution in [0.1, 0.15) is 26.4 Å². The maximum atomic E-state index is 14.8. The summed E-state index contributed by atoms with van der Waals surface area (Å²) in [6.45, 7) is 0.365. The van der Waals surface area contributed by atoms with Crippen LogP contribution in [0.4, 0.5) is 10.1 Å². The van der Waals surface area contributed by atoms with Gasteiger partial charge in [0.05, 0.1) is 12.8 Å². The number of carbonyl (C=O) groups excluding carboxylic acids is 2. The van der Waals surface area contributed by atoms with Crippen molar-refractivity contribution in [1.82, 2.24) is 10.3 Å². The van der Waals surface area contributed by atoms with Crippen LogP contribution in [-0.2, 0) is 6.42 Å². The third-order valence-corrected chi connectivity index (χ3v) is 4.53. The van der Waals surface area contributed by atoms with Gasteiger partial charge in [-0.3, -0.25) is 9.59 Å². The molecule has 0 unspecified atom stereocenters. The quantitative estimate of drug-likeness (QED) is 0.748. The highest BCUT2D eigenvalue weighted by Gasteiger charge is 2.23. The summed E-state index contributed by atoms with van der Waals surface area (Å²) < 4.78 is 20.0. The number of hydrogen-bond acceptors (Lipinski definition) is 4. The minimum Gasteiger partial charge on any atom is -0.481 e. The Hall–Kier alpha value is -3.48. The molecule has 1 aliphatic rings. The summed E-state index contributed by atoms with van der Waals surface area (Å²) >= 11 is 0. The molecule has 0 aliphatic carbocycles. The Morgan fingerprint density at radius 1 is 1.26 bits per heavy atom. The molecule has 0 saturated carbocycles. The largest absolute Gasteiger partial charge is 0.481 e. The molecule has 2 aromatic carbocycles. The average molecular weight is 365 g/mol. The van der Waals surface area contributed by atoms with E-state index in [-0.39, 0.29) is 17.3 Å². The van der Waals surface area contributed by atoms with Crippen LogP contribution in [0.3, 0.4) is 0 Å². The maximum Gasteiger partial charge on any atom is 0.274 e. The van der Waals surface area contributed by atoms with Crippen molar-refractivity contribution in [2.45, 2.75) is 6.42 Å². The van der Waals surface area contributed by atoms with Crippen LogP contribution in [0.15, 0.2) is 42.5 Å². The molecule has 2 heterocycles. The second-order valence-electron chi connectivity index (χ2n) is 6.15. The molecular formula is C20H16FN3O3. The predicted molar refractivity (Wildman–Crippen MR) is 98.7 cm³/mol. The Labute approximate surface area is 154 Å². The third-order valence-electron chi connectivity index (χ3n) is 4.53. The molecule has 0 spiro atoms. The molecule has 1 aromatic heterocycles. The van der Waals surface area contributed by atoms with Crippen molar-refractivity contribution in [1.29, 1.82) is 0 Å². The number of anilines is 1. The molecule has 2 amide bonds. The van der Waals surface area contributed by atoms with Gasteiger partial charge < -0.3 is 15.4 Å². The van der Waals surface area contributed by atoms with Gasteiger partial charge in [0.1, 0.15) is 5.69 Å². The van der Waals surface area contributed by atoms with Gasteiger partial charge in [0, 0.05) is 23.1 Å². The Morgan fingerprint density at radius 2 is 2.07 bits per heavy atom. The minimum absolute atomic E-state index is 0.0161. The van der Waals surface area contributed by atoms with Crippen molar-refractivity contribution in [3.8, 4) is 5.88 Å². The molecule has 6 nitrogen and oxygen atoms in total. The molecule has 136 valence electrons. The van der Waals surface area contributed by atoms with E-state index in [0.29, 0.717) is 30.0 Å². The Bertz CT molecular complexity index is 1080. The van der Waals surface area contributed by atoms with E-state index in [4.69, 9.17) is 4.74 Å². The van der Waals surface area contributed by atoms with Crippen molar-refractivity contribution in [3.05, 3.63) is 65.1 Å². The van der Waals surface area contributed by atoms with Gasteiger partial charge in [0.25, 0.3) is 11.8 Å². The van der Waals surface area contributed by atoms with E-state index in [1.807, 2.05) is 24.3 Å². The highest BCUT2D eigenvalue weighted by atomic mass is 19.1. The average Bonchev–Trinajstić information content (AvgIpc) is 2.69. The molecule has 1 aliphatic heterocycles. The van der Waals surface area contributed by atoms with Crippen molar-refractivity contribution in [3.63, 3.8) is 0 Å². The summed E-state index contributed by atoms with van der Waals surface area (Å²) in [7, 11) is 1.48. The Balaban J connectivity index is 1.69. The lowest BCUT2D eigenvalue weighted by Crippen LogP contribution is -2.32. The normalized spacial score (nSPS) is 13.0. The second kappa shape index (κ2) is 6.68. The summed E-state index contributed by atoms with van der Waals surface area (Å²) in [5.74, 6) is -1.14. The number of hydrogen-bond donors (Lipinski definition) is 2. The number of ether oxygens (including phenoxy) is 1. The van der Waals surface area contributed by atoms with Gasteiger partial charge in [-0.2, -0.15) is 0 Å². The van der Waals surface area contributed by atoms with E-state index in [0.717, 1.165) is 10.8 Å². The Morgan fingerprint density at radius 3 is 2.89 bits per heavy atom. The molecule has 0 saturated heterocycles. The van der Waals surface area contributed by atoms with Crippen LogP contribution in [-0.4, -0.2) is 30.5 Å². The van der Waals surface area contributed by atoms with Gasteiger partial charge >= 0.3 is 0 Å². The van der Waals surface area contributed by atoms with Crippen molar-refractivity contribution >= 4 is 28.3 Å². The summed E-state index contributed by atoms with van der Waals surface area (Å²) in [6.07, 6.45) is 0.374. The van der Waals surface area contributed by atoms with Crippen LogP contribution >= 0.6 is 0 Å². The second-order valence-corrected chi connectivity index (χ2v) is 6.15. The van der Waals surface area contributed by atoms with Crippen molar-refractivity contribution < 1.29 is 18.7 Å². The fourth-order valence-corrected chi connectivity index (χ4v) is 3.20. The van der Waals surface area contributed by atoms with Crippen molar-refractivity contribution in [2.24, 2.45) is 0 Å². The van der Waals surface area contributed by atoms with Gasteiger partial charge in [0.15, 0.2) is 5.82 Å². The lowest BCUT2D eigenvalue weighted by atomic mass is 9.99. The molecular weight excluding hydrogens is 349 g/mol. The number of nitrogens with one attached hydrogen (secondary N) is 2. The SMILES string of the molecule is COc1nc(C(=O)Nc2ccc3c(c2F)CCNC3=O)cc2ccccc12. The first-order valence-electron chi connectivity index (χ1n) is 8.43. The van der Waals surface area contributed by atoms with Gasteiger partial charge in [-0.15, -0.1) is 0 Å². The molecule has 0 bridgehead atoms. The van der Waals surface area contributed by atoms with Gasteiger partial charge in [-0.25, -0.2) is 9.37 Å². The molecule has 27 heavy (non-hydrogen) atoms. The van der Waals surface area contributed by atoms with Crippen LogP contribution < -0.4 is 15.4 Å². The number of halogens is 1. The zero-order chi connectivity index (χ0) is 19.0.